The molecule has 18 heavy (non-hydrogen) atoms. The van der Waals surface area contributed by atoms with E-state index in [1.807, 2.05) is 7.05 Å². The monoisotopic (exact) mass is 246 g/mol. The lowest BCUT2D eigenvalue weighted by molar-refractivity contribution is 0.204. The molecule has 1 aliphatic carbocycles. The van der Waals surface area contributed by atoms with Crippen LogP contribution in [0.1, 0.15) is 36.4 Å². The molecular formula is C15H22N2O. The van der Waals surface area contributed by atoms with Crippen LogP contribution in [0.15, 0.2) is 18.2 Å². The standard InChI is InChI=1S/C15H22N2O/c1-17-15(12-8-13(16)9-12)11-4-5-14-10(7-11)3-2-6-18-14/h4-5,7,12-13,15,17H,2-3,6,8-9,16H2,1H3. The summed E-state index contributed by atoms with van der Waals surface area (Å²) in [5.74, 6) is 1.76. The van der Waals surface area contributed by atoms with Crippen LogP contribution in [0.3, 0.4) is 0 Å². The van der Waals surface area contributed by atoms with Gasteiger partial charge in [-0.2, -0.15) is 0 Å². The lowest BCUT2D eigenvalue weighted by Gasteiger charge is -2.39. The Morgan fingerprint density at radius 3 is 2.94 bits per heavy atom. The highest BCUT2D eigenvalue weighted by molar-refractivity contribution is 5.40. The van der Waals surface area contributed by atoms with Gasteiger partial charge in [-0.05, 0) is 55.8 Å². The fourth-order valence-corrected chi connectivity index (χ4v) is 3.23. The molecule has 98 valence electrons. The van der Waals surface area contributed by atoms with Crippen LogP contribution in [0.25, 0.3) is 0 Å². The maximum absolute atomic E-state index is 5.90. The van der Waals surface area contributed by atoms with Crippen molar-refractivity contribution in [2.45, 2.75) is 37.8 Å². The summed E-state index contributed by atoms with van der Waals surface area (Å²) in [5, 5.41) is 3.45. The van der Waals surface area contributed by atoms with Crippen molar-refractivity contribution in [1.82, 2.24) is 5.32 Å². The number of rotatable bonds is 3. The van der Waals surface area contributed by atoms with Gasteiger partial charge >= 0.3 is 0 Å². The second-order valence-corrected chi connectivity index (χ2v) is 5.58. The van der Waals surface area contributed by atoms with E-state index in [9.17, 15) is 0 Å². The first kappa shape index (κ1) is 12.0. The number of hydrogen-bond acceptors (Lipinski definition) is 3. The van der Waals surface area contributed by atoms with Crippen LogP contribution in [0.4, 0.5) is 0 Å². The summed E-state index contributed by atoms with van der Waals surface area (Å²) < 4.78 is 5.67. The van der Waals surface area contributed by atoms with Crippen LogP contribution in [0, 0.1) is 5.92 Å². The minimum absolute atomic E-state index is 0.409. The quantitative estimate of drug-likeness (QED) is 0.857. The second kappa shape index (κ2) is 4.90. The fourth-order valence-electron chi connectivity index (χ4n) is 3.23. The molecule has 0 amide bonds. The molecule has 3 heteroatoms. The van der Waals surface area contributed by atoms with Gasteiger partial charge in [-0.25, -0.2) is 0 Å². The fraction of sp³-hybridized carbons (Fsp3) is 0.600. The van der Waals surface area contributed by atoms with Gasteiger partial charge in [0.25, 0.3) is 0 Å². The summed E-state index contributed by atoms with van der Waals surface area (Å²) in [4.78, 5) is 0. The predicted octanol–water partition coefficient (Wildman–Crippen LogP) is 2.01. The maximum atomic E-state index is 5.90. The average molecular weight is 246 g/mol. The van der Waals surface area contributed by atoms with Crippen LogP contribution >= 0.6 is 0 Å². The Bertz CT molecular complexity index is 427. The summed E-state index contributed by atoms with van der Waals surface area (Å²) in [5.41, 5.74) is 8.65. The maximum Gasteiger partial charge on any atom is 0.122 e. The summed E-state index contributed by atoms with van der Waals surface area (Å²) in [7, 11) is 2.05. The molecule has 1 atom stereocenters. The highest BCUT2D eigenvalue weighted by atomic mass is 16.5. The van der Waals surface area contributed by atoms with Gasteiger partial charge in [0.2, 0.25) is 0 Å². The lowest BCUT2D eigenvalue weighted by Crippen LogP contribution is -2.42. The predicted molar refractivity (Wildman–Crippen MR) is 72.8 cm³/mol. The molecule has 0 radical (unpaired) electrons. The minimum Gasteiger partial charge on any atom is -0.493 e. The van der Waals surface area contributed by atoms with Crippen LogP contribution < -0.4 is 15.8 Å². The Morgan fingerprint density at radius 1 is 1.39 bits per heavy atom. The van der Waals surface area contributed by atoms with Crippen molar-refractivity contribution < 1.29 is 4.74 Å². The third kappa shape index (κ3) is 2.13. The van der Waals surface area contributed by atoms with Crippen molar-refractivity contribution in [3.05, 3.63) is 29.3 Å². The third-order valence-corrected chi connectivity index (χ3v) is 4.29. The van der Waals surface area contributed by atoms with E-state index < -0.39 is 0 Å². The van der Waals surface area contributed by atoms with Gasteiger partial charge in [0.15, 0.2) is 0 Å². The number of benzene rings is 1. The van der Waals surface area contributed by atoms with Crippen molar-refractivity contribution in [3.63, 3.8) is 0 Å². The van der Waals surface area contributed by atoms with Crippen molar-refractivity contribution >= 4 is 0 Å². The van der Waals surface area contributed by atoms with Gasteiger partial charge in [0.1, 0.15) is 5.75 Å². The molecule has 1 saturated carbocycles. The highest BCUT2D eigenvalue weighted by Gasteiger charge is 2.33. The number of aryl methyl sites for hydroxylation is 1. The Hall–Kier alpha value is -1.06. The SMILES string of the molecule is CNC(c1ccc2c(c1)CCCO2)C1CC(N)C1. The summed E-state index contributed by atoms with van der Waals surface area (Å²) in [6.45, 7) is 0.860. The minimum atomic E-state index is 0.409. The summed E-state index contributed by atoms with van der Waals surface area (Å²) >= 11 is 0. The van der Waals surface area contributed by atoms with Gasteiger partial charge < -0.3 is 15.8 Å². The molecule has 3 N–H and O–H groups in total. The Balaban J connectivity index is 1.81. The molecule has 0 bridgehead atoms. The van der Waals surface area contributed by atoms with E-state index in [-0.39, 0.29) is 0 Å². The second-order valence-electron chi connectivity index (χ2n) is 5.58. The van der Waals surface area contributed by atoms with Gasteiger partial charge in [-0.15, -0.1) is 0 Å². The van der Waals surface area contributed by atoms with E-state index in [1.54, 1.807) is 0 Å². The van der Waals surface area contributed by atoms with Crippen LogP contribution in [0.5, 0.6) is 5.75 Å². The molecular weight excluding hydrogens is 224 g/mol. The number of hydrogen-bond donors (Lipinski definition) is 2. The molecule has 0 spiro atoms. The van der Waals surface area contributed by atoms with E-state index in [4.69, 9.17) is 10.5 Å². The van der Waals surface area contributed by atoms with Crippen molar-refractivity contribution in [2.75, 3.05) is 13.7 Å². The molecule has 2 aliphatic rings. The molecule has 1 aliphatic heterocycles. The number of fused-ring (bicyclic) bond motifs is 1. The zero-order valence-corrected chi connectivity index (χ0v) is 11.0. The molecule has 1 fully saturated rings. The summed E-state index contributed by atoms with van der Waals surface area (Å²) in [6.07, 6.45) is 4.55. The van der Waals surface area contributed by atoms with Crippen LogP contribution in [-0.4, -0.2) is 19.7 Å². The highest BCUT2D eigenvalue weighted by Crippen LogP contribution is 2.38. The van der Waals surface area contributed by atoms with Crippen molar-refractivity contribution in [1.29, 1.82) is 0 Å². The number of ether oxygens (including phenoxy) is 1. The van der Waals surface area contributed by atoms with Crippen molar-refractivity contribution in [3.8, 4) is 5.75 Å². The molecule has 3 nitrogen and oxygen atoms in total. The van der Waals surface area contributed by atoms with Gasteiger partial charge in [0.05, 0.1) is 6.61 Å². The van der Waals surface area contributed by atoms with E-state index >= 15 is 0 Å². The Kier molecular flexibility index (Phi) is 3.27. The Labute approximate surface area is 109 Å². The number of nitrogens with one attached hydrogen (secondary N) is 1. The zero-order chi connectivity index (χ0) is 12.5. The molecule has 3 rings (SSSR count). The van der Waals surface area contributed by atoms with Crippen molar-refractivity contribution in [2.24, 2.45) is 11.7 Å². The first-order valence-corrected chi connectivity index (χ1v) is 6.96. The van der Waals surface area contributed by atoms with Crippen LogP contribution in [-0.2, 0) is 6.42 Å². The zero-order valence-electron chi connectivity index (χ0n) is 11.0. The molecule has 1 aromatic carbocycles. The molecule has 0 saturated heterocycles. The lowest BCUT2D eigenvalue weighted by atomic mass is 9.74. The van der Waals surface area contributed by atoms with Gasteiger partial charge in [0, 0.05) is 12.1 Å². The van der Waals surface area contributed by atoms with E-state index in [1.165, 1.54) is 11.1 Å². The van der Waals surface area contributed by atoms with Crippen LogP contribution in [0.2, 0.25) is 0 Å². The molecule has 1 unspecified atom stereocenters. The largest absolute Gasteiger partial charge is 0.493 e. The van der Waals surface area contributed by atoms with E-state index in [2.05, 4.69) is 23.5 Å². The Morgan fingerprint density at radius 2 is 2.22 bits per heavy atom. The topological polar surface area (TPSA) is 47.3 Å². The first-order chi connectivity index (χ1) is 8.78. The molecule has 1 heterocycles. The van der Waals surface area contributed by atoms with Gasteiger partial charge in [-0.1, -0.05) is 12.1 Å². The summed E-state index contributed by atoms with van der Waals surface area (Å²) in [6, 6.07) is 7.50. The third-order valence-electron chi connectivity index (χ3n) is 4.29. The number of nitrogens with two attached hydrogens (primary N) is 1. The van der Waals surface area contributed by atoms with Gasteiger partial charge in [-0.3, -0.25) is 0 Å². The molecule has 1 aromatic rings. The smallest absolute Gasteiger partial charge is 0.122 e. The van der Waals surface area contributed by atoms with E-state index in [0.717, 1.165) is 38.0 Å². The molecule has 0 aromatic heterocycles. The van der Waals surface area contributed by atoms with E-state index in [0.29, 0.717) is 18.0 Å². The normalized spacial score (nSPS) is 27.9. The first-order valence-electron chi connectivity index (χ1n) is 6.96. The average Bonchev–Trinajstić information content (AvgIpc) is 2.37.